The number of aliphatic imine (C=N–C) groups is 1. The molecule has 0 unspecified atom stereocenters. The lowest BCUT2D eigenvalue weighted by Crippen LogP contribution is -2.40. The fourth-order valence-corrected chi connectivity index (χ4v) is 5.43. The van der Waals surface area contributed by atoms with Crippen molar-refractivity contribution in [2.45, 2.75) is 125 Å². The number of halogens is 1. The minimum absolute atomic E-state index is 0.0225. The highest BCUT2D eigenvalue weighted by Crippen LogP contribution is 2.26. The number of nitrogens with zero attached hydrogens (tertiary/aromatic N) is 2. The summed E-state index contributed by atoms with van der Waals surface area (Å²) in [5.74, 6) is -2.28. The molecule has 0 bridgehead atoms. The SMILES string of the molecule is CC(C)(C)OC(=O)CN(Cc1cccc(C(=O)OC(C)(C)C)c1)C(=O)CCc1ccc(OC(=O)c2ccc(N/C(=N\C(=O)OC(C)(C)C)NC(=O)OC(C)(C)C)cc2)cc1Cl. The van der Waals surface area contributed by atoms with Gasteiger partial charge in [0.05, 0.1) is 11.1 Å². The number of alkyl carbamates (subject to hydrolysis) is 1. The van der Waals surface area contributed by atoms with Crippen LogP contribution in [0.1, 0.15) is 121 Å². The Hall–Kier alpha value is -5.96. The number of rotatable bonds is 11. The summed E-state index contributed by atoms with van der Waals surface area (Å²) in [7, 11) is 0. The number of anilines is 1. The number of esters is 3. The van der Waals surface area contributed by atoms with Crippen LogP contribution in [-0.4, -0.2) is 75.8 Å². The van der Waals surface area contributed by atoms with Crippen LogP contribution in [0.4, 0.5) is 15.3 Å². The number of hydrogen-bond acceptors (Lipinski definition) is 11. The second-order valence-corrected chi connectivity index (χ2v) is 18.4. The Labute approximate surface area is 362 Å². The summed E-state index contributed by atoms with van der Waals surface area (Å²) in [5.41, 5.74) is -1.08. The van der Waals surface area contributed by atoms with E-state index in [4.69, 9.17) is 35.3 Å². The number of carbonyl (C=O) groups excluding carboxylic acids is 6. The van der Waals surface area contributed by atoms with Gasteiger partial charge in [0.25, 0.3) is 0 Å². The zero-order chi connectivity index (χ0) is 45.9. The normalized spacial score (nSPS) is 12.1. The van der Waals surface area contributed by atoms with Crippen molar-refractivity contribution in [3.8, 4) is 5.75 Å². The summed E-state index contributed by atoms with van der Waals surface area (Å²) in [6.07, 6.45) is -1.64. The summed E-state index contributed by atoms with van der Waals surface area (Å²) in [4.78, 5) is 82.4. The van der Waals surface area contributed by atoms with Crippen LogP contribution < -0.4 is 15.4 Å². The number of amides is 3. The predicted octanol–water partition coefficient (Wildman–Crippen LogP) is 9.05. The van der Waals surface area contributed by atoms with Gasteiger partial charge in [-0.05, 0) is 149 Å². The molecule has 3 aromatic carbocycles. The lowest BCUT2D eigenvalue weighted by atomic mass is 10.1. The highest BCUT2D eigenvalue weighted by atomic mass is 35.5. The molecule has 0 heterocycles. The number of guanidine groups is 1. The molecule has 61 heavy (non-hydrogen) atoms. The van der Waals surface area contributed by atoms with Gasteiger partial charge in [-0.25, -0.2) is 19.2 Å². The van der Waals surface area contributed by atoms with Crippen LogP contribution in [0, 0.1) is 0 Å². The molecular weight excluding hydrogens is 808 g/mol. The van der Waals surface area contributed by atoms with Gasteiger partial charge in [-0.2, -0.15) is 0 Å². The summed E-state index contributed by atoms with van der Waals surface area (Å²) < 4.78 is 27.1. The number of hydrogen-bond donors (Lipinski definition) is 2. The van der Waals surface area contributed by atoms with Gasteiger partial charge < -0.3 is 33.9 Å². The van der Waals surface area contributed by atoms with Crippen LogP contribution in [0.2, 0.25) is 5.02 Å². The summed E-state index contributed by atoms with van der Waals surface area (Å²) in [6.45, 7) is 20.3. The summed E-state index contributed by atoms with van der Waals surface area (Å²) in [6, 6.07) is 17.2. The smallest absolute Gasteiger partial charge is 0.437 e. The lowest BCUT2D eigenvalue weighted by Gasteiger charge is -2.26. The first-order valence-corrected chi connectivity index (χ1v) is 19.9. The van der Waals surface area contributed by atoms with Gasteiger partial charge in [-0.1, -0.05) is 29.8 Å². The maximum absolute atomic E-state index is 13.6. The molecule has 3 amide bonds. The third-order valence-corrected chi connectivity index (χ3v) is 7.82. The molecule has 0 fully saturated rings. The second-order valence-electron chi connectivity index (χ2n) is 18.0. The Morgan fingerprint density at radius 1 is 0.672 bits per heavy atom. The van der Waals surface area contributed by atoms with Crippen LogP contribution in [0.3, 0.4) is 0 Å². The minimum atomic E-state index is -0.956. The molecule has 0 aliphatic rings. The molecule has 0 spiro atoms. The van der Waals surface area contributed by atoms with E-state index in [0.717, 1.165) is 0 Å². The molecule has 2 N–H and O–H groups in total. The Bertz CT molecular complexity index is 2110. The number of carbonyl (C=O) groups is 6. The molecule has 0 atom stereocenters. The Kier molecular flexibility index (Phi) is 16.6. The quantitative estimate of drug-likeness (QED) is 0.0613. The zero-order valence-electron chi connectivity index (χ0n) is 36.9. The van der Waals surface area contributed by atoms with Crippen molar-refractivity contribution in [2.75, 3.05) is 11.9 Å². The maximum atomic E-state index is 13.6. The van der Waals surface area contributed by atoms with Crippen LogP contribution in [0.5, 0.6) is 5.75 Å². The van der Waals surface area contributed by atoms with Crippen molar-refractivity contribution < 1.29 is 52.5 Å². The van der Waals surface area contributed by atoms with E-state index in [0.29, 0.717) is 22.4 Å². The number of aryl methyl sites for hydroxylation is 1. The molecule has 0 saturated heterocycles. The molecule has 0 aliphatic heterocycles. The highest BCUT2D eigenvalue weighted by Gasteiger charge is 2.25. The highest BCUT2D eigenvalue weighted by molar-refractivity contribution is 6.31. The van der Waals surface area contributed by atoms with Crippen molar-refractivity contribution in [3.05, 3.63) is 94.0 Å². The Balaban J connectivity index is 1.70. The van der Waals surface area contributed by atoms with Gasteiger partial charge in [-0.15, -0.1) is 4.99 Å². The van der Waals surface area contributed by atoms with Crippen molar-refractivity contribution in [3.63, 3.8) is 0 Å². The minimum Gasteiger partial charge on any atom is -0.459 e. The van der Waals surface area contributed by atoms with Gasteiger partial charge in [-0.3, -0.25) is 14.9 Å². The van der Waals surface area contributed by atoms with Gasteiger partial charge >= 0.3 is 30.1 Å². The van der Waals surface area contributed by atoms with E-state index in [2.05, 4.69) is 15.6 Å². The standard InChI is InChI=1S/C45H57ClN4O11/c1-42(2,3)58-36(52)27-50(26-28-14-13-15-31(24-28)38(54)59-43(4,5)6)35(51)23-19-29-18-22-33(25-34(29)46)57-37(53)30-16-20-32(21-17-30)47-39(48-40(55)60-44(7,8)9)49-41(56)61-45(10,11)12/h13-18,20-22,24-25H,19,23,26-27H2,1-12H3,(H2,47,48,49,55,56). The van der Waals surface area contributed by atoms with Crippen LogP contribution >= 0.6 is 11.6 Å². The molecule has 0 saturated carbocycles. The largest absolute Gasteiger partial charge is 0.459 e. The van der Waals surface area contributed by atoms with Crippen molar-refractivity contribution in [1.29, 1.82) is 0 Å². The molecule has 15 nitrogen and oxygen atoms in total. The van der Waals surface area contributed by atoms with Gasteiger partial charge in [0.1, 0.15) is 34.7 Å². The van der Waals surface area contributed by atoms with Crippen LogP contribution in [0.25, 0.3) is 0 Å². The van der Waals surface area contributed by atoms with Gasteiger partial charge in [0.2, 0.25) is 11.9 Å². The predicted molar refractivity (Wildman–Crippen MR) is 231 cm³/mol. The molecule has 0 aromatic heterocycles. The fourth-order valence-electron chi connectivity index (χ4n) is 5.17. The van der Waals surface area contributed by atoms with E-state index in [1.165, 1.54) is 35.2 Å². The first kappa shape index (κ1) is 49.4. The first-order valence-electron chi connectivity index (χ1n) is 19.6. The van der Waals surface area contributed by atoms with E-state index in [-0.39, 0.29) is 54.1 Å². The van der Waals surface area contributed by atoms with E-state index in [9.17, 15) is 28.8 Å². The first-order chi connectivity index (χ1) is 28.0. The Morgan fingerprint density at radius 3 is 1.85 bits per heavy atom. The fraction of sp³-hybridized carbons (Fsp3) is 0.444. The topological polar surface area (TPSA) is 188 Å². The van der Waals surface area contributed by atoms with E-state index in [1.54, 1.807) is 119 Å². The third kappa shape index (κ3) is 18.9. The average molecular weight is 865 g/mol. The summed E-state index contributed by atoms with van der Waals surface area (Å²) >= 11 is 6.59. The second kappa shape index (κ2) is 20.5. The Morgan fingerprint density at radius 2 is 1.28 bits per heavy atom. The molecule has 0 radical (unpaired) electrons. The average Bonchev–Trinajstić information content (AvgIpc) is 3.08. The molecular formula is C45H57ClN4O11. The van der Waals surface area contributed by atoms with Crippen LogP contribution in [-0.2, 0) is 41.5 Å². The molecule has 16 heteroatoms. The van der Waals surface area contributed by atoms with E-state index < -0.39 is 52.5 Å². The van der Waals surface area contributed by atoms with E-state index in [1.807, 2.05) is 0 Å². The van der Waals surface area contributed by atoms with E-state index >= 15 is 0 Å². The van der Waals surface area contributed by atoms with Crippen molar-refractivity contribution in [2.24, 2.45) is 4.99 Å². The number of nitrogens with one attached hydrogen (secondary N) is 2. The monoisotopic (exact) mass is 864 g/mol. The van der Waals surface area contributed by atoms with Crippen molar-refractivity contribution >= 4 is 59.2 Å². The molecule has 330 valence electrons. The molecule has 3 rings (SSSR count). The van der Waals surface area contributed by atoms with Crippen molar-refractivity contribution in [1.82, 2.24) is 10.2 Å². The third-order valence-electron chi connectivity index (χ3n) is 7.47. The maximum Gasteiger partial charge on any atom is 0.437 e. The zero-order valence-corrected chi connectivity index (χ0v) is 37.7. The molecule has 0 aliphatic carbocycles. The number of benzene rings is 3. The number of ether oxygens (including phenoxy) is 5. The van der Waals surface area contributed by atoms with Crippen LogP contribution in [0.15, 0.2) is 71.7 Å². The van der Waals surface area contributed by atoms with Gasteiger partial charge in [0.15, 0.2) is 0 Å². The lowest BCUT2D eigenvalue weighted by molar-refractivity contribution is -0.159. The molecule has 3 aromatic rings. The summed E-state index contributed by atoms with van der Waals surface area (Å²) in [5, 5.41) is 5.45. The van der Waals surface area contributed by atoms with Gasteiger partial charge in [0, 0.05) is 23.7 Å².